The molecule has 0 radical (unpaired) electrons. The van der Waals surface area contributed by atoms with Crippen molar-refractivity contribution < 1.29 is 4.39 Å². The first kappa shape index (κ1) is 17.0. The summed E-state index contributed by atoms with van der Waals surface area (Å²) >= 11 is 0. The molecule has 0 unspecified atom stereocenters. The van der Waals surface area contributed by atoms with E-state index in [9.17, 15) is 4.39 Å². The maximum absolute atomic E-state index is 12.9. The van der Waals surface area contributed by atoms with Crippen molar-refractivity contribution in [3.63, 3.8) is 0 Å². The van der Waals surface area contributed by atoms with E-state index in [1.807, 2.05) is 18.3 Å². The lowest BCUT2D eigenvalue weighted by molar-refractivity contribution is 0.627. The first-order valence-corrected chi connectivity index (χ1v) is 8.75. The van der Waals surface area contributed by atoms with Crippen LogP contribution in [0.5, 0.6) is 0 Å². The number of aromatic nitrogens is 4. The first-order valence-electron chi connectivity index (χ1n) is 8.75. The van der Waals surface area contributed by atoms with E-state index in [1.54, 1.807) is 18.3 Å². The maximum Gasteiger partial charge on any atom is 0.244 e. The molecule has 0 saturated heterocycles. The van der Waals surface area contributed by atoms with Gasteiger partial charge >= 0.3 is 0 Å². The van der Waals surface area contributed by atoms with Gasteiger partial charge < -0.3 is 15.6 Å². The van der Waals surface area contributed by atoms with Crippen LogP contribution in [0.25, 0.3) is 10.9 Å². The van der Waals surface area contributed by atoms with Crippen LogP contribution in [-0.4, -0.2) is 26.7 Å². The second-order valence-electron chi connectivity index (χ2n) is 6.18. The van der Waals surface area contributed by atoms with Crippen molar-refractivity contribution in [1.82, 2.24) is 20.2 Å². The molecule has 2 aromatic heterocycles. The molecular formula is C20H19FN6. The summed E-state index contributed by atoms with van der Waals surface area (Å²) in [4.78, 5) is 7.69. The summed E-state index contributed by atoms with van der Waals surface area (Å²) in [5.41, 5.74) is 3.35. The Labute approximate surface area is 155 Å². The van der Waals surface area contributed by atoms with Crippen molar-refractivity contribution in [2.75, 3.05) is 17.2 Å². The highest BCUT2D eigenvalue weighted by Crippen LogP contribution is 2.18. The fourth-order valence-electron chi connectivity index (χ4n) is 2.91. The van der Waals surface area contributed by atoms with Gasteiger partial charge in [0.15, 0.2) is 5.82 Å². The van der Waals surface area contributed by atoms with Gasteiger partial charge in [0.2, 0.25) is 5.95 Å². The highest BCUT2D eigenvalue weighted by Gasteiger charge is 2.04. The maximum atomic E-state index is 12.9. The molecule has 27 heavy (non-hydrogen) atoms. The van der Waals surface area contributed by atoms with Gasteiger partial charge in [0.05, 0.1) is 6.20 Å². The Bertz CT molecular complexity index is 1030. The molecule has 0 aliphatic carbocycles. The quantitative estimate of drug-likeness (QED) is 0.467. The van der Waals surface area contributed by atoms with Gasteiger partial charge in [-0.3, -0.25) is 0 Å². The predicted octanol–water partition coefficient (Wildman–Crippen LogP) is 3.76. The van der Waals surface area contributed by atoms with Crippen molar-refractivity contribution in [2.24, 2.45) is 0 Å². The third-order valence-electron chi connectivity index (χ3n) is 4.30. The molecule has 4 rings (SSSR count). The monoisotopic (exact) mass is 362 g/mol. The largest absolute Gasteiger partial charge is 0.365 e. The van der Waals surface area contributed by atoms with Crippen LogP contribution in [0.2, 0.25) is 0 Å². The Balaban J connectivity index is 1.33. The number of para-hydroxylation sites is 1. The van der Waals surface area contributed by atoms with Crippen LogP contribution in [0.3, 0.4) is 0 Å². The summed E-state index contributed by atoms with van der Waals surface area (Å²) in [6, 6.07) is 14.6. The van der Waals surface area contributed by atoms with E-state index in [0.29, 0.717) is 24.9 Å². The van der Waals surface area contributed by atoms with E-state index in [2.05, 4.69) is 42.9 Å². The standard InChI is InChI=1S/C20H19FN6/c21-16-7-5-14(6-8-16)11-24-19-13-25-27-20(26-19)22-10-9-15-12-23-18-4-2-1-3-17(15)18/h1-8,12-13,23H,9-11H2,(H2,22,24,26,27). The minimum atomic E-state index is -0.246. The summed E-state index contributed by atoms with van der Waals surface area (Å²) in [5.74, 6) is 0.840. The molecule has 3 N–H and O–H groups in total. The van der Waals surface area contributed by atoms with Gasteiger partial charge in [-0.1, -0.05) is 30.3 Å². The highest BCUT2D eigenvalue weighted by molar-refractivity contribution is 5.83. The highest BCUT2D eigenvalue weighted by atomic mass is 19.1. The van der Waals surface area contributed by atoms with Crippen LogP contribution in [-0.2, 0) is 13.0 Å². The minimum absolute atomic E-state index is 0.246. The molecule has 0 fully saturated rings. The van der Waals surface area contributed by atoms with Gasteiger partial charge in [0, 0.05) is 30.2 Å². The molecule has 0 atom stereocenters. The molecule has 0 bridgehead atoms. The molecule has 0 spiro atoms. The van der Waals surface area contributed by atoms with Gasteiger partial charge in [-0.25, -0.2) is 4.39 Å². The fourth-order valence-corrected chi connectivity index (χ4v) is 2.91. The average molecular weight is 362 g/mol. The predicted molar refractivity (Wildman–Crippen MR) is 104 cm³/mol. The number of benzene rings is 2. The lowest BCUT2D eigenvalue weighted by Crippen LogP contribution is -2.10. The van der Waals surface area contributed by atoms with E-state index in [1.165, 1.54) is 23.1 Å². The number of rotatable bonds is 7. The van der Waals surface area contributed by atoms with E-state index >= 15 is 0 Å². The van der Waals surface area contributed by atoms with Crippen molar-refractivity contribution >= 4 is 22.7 Å². The van der Waals surface area contributed by atoms with E-state index in [-0.39, 0.29) is 5.82 Å². The minimum Gasteiger partial charge on any atom is -0.365 e. The molecule has 0 saturated carbocycles. The van der Waals surface area contributed by atoms with Gasteiger partial charge in [0.25, 0.3) is 0 Å². The number of fused-ring (bicyclic) bond motifs is 1. The van der Waals surface area contributed by atoms with Gasteiger partial charge in [0.1, 0.15) is 5.82 Å². The fraction of sp³-hybridized carbons (Fsp3) is 0.150. The topological polar surface area (TPSA) is 78.5 Å². The second kappa shape index (κ2) is 7.82. The third-order valence-corrected chi connectivity index (χ3v) is 4.30. The zero-order chi connectivity index (χ0) is 18.5. The number of anilines is 2. The molecule has 4 aromatic rings. The summed E-state index contributed by atoms with van der Waals surface area (Å²) in [5, 5.41) is 15.6. The van der Waals surface area contributed by atoms with Crippen LogP contribution in [0.15, 0.2) is 60.9 Å². The Morgan fingerprint density at radius 3 is 2.74 bits per heavy atom. The average Bonchev–Trinajstić information content (AvgIpc) is 3.11. The molecule has 2 aromatic carbocycles. The van der Waals surface area contributed by atoms with Gasteiger partial charge in [-0.15, -0.1) is 5.10 Å². The Morgan fingerprint density at radius 2 is 1.85 bits per heavy atom. The summed E-state index contributed by atoms with van der Waals surface area (Å²) in [6.07, 6.45) is 4.45. The van der Waals surface area contributed by atoms with Crippen LogP contribution < -0.4 is 10.6 Å². The van der Waals surface area contributed by atoms with Gasteiger partial charge in [-0.2, -0.15) is 10.1 Å². The summed E-state index contributed by atoms with van der Waals surface area (Å²) in [6.45, 7) is 1.23. The number of nitrogens with zero attached hydrogens (tertiary/aromatic N) is 3. The number of H-pyrrole nitrogens is 1. The van der Waals surface area contributed by atoms with Crippen molar-refractivity contribution in [3.8, 4) is 0 Å². The smallest absolute Gasteiger partial charge is 0.244 e. The molecule has 2 heterocycles. The van der Waals surface area contributed by atoms with Crippen LogP contribution in [0, 0.1) is 5.82 Å². The molecule has 0 amide bonds. The molecule has 136 valence electrons. The summed E-state index contributed by atoms with van der Waals surface area (Å²) in [7, 11) is 0. The normalized spacial score (nSPS) is 10.9. The Morgan fingerprint density at radius 1 is 1.00 bits per heavy atom. The van der Waals surface area contributed by atoms with Crippen molar-refractivity contribution in [3.05, 3.63) is 77.9 Å². The molecule has 6 nitrogen and oxygen atoms in total. The molecule has 0 aliphatic rings. The molecule has 7 heteroatoms. The van der Waals surface area contributed by atoms with E-state index in [0.717, 1.165) is 17.5 Å². The molecular weight excluding hydrogens is 343 g/mol. The third kappa shape index (κ3) is 4.20. The van der Waals surface area contributed by atoms with Crippen LogP contribution in [0.4, 0.5) is 16.2 Å². The van der Waals surface area contributed by atoms with E-state index in [4.69, 9.17) is 0 Å². The zero-order valence-electron chi connectivity index (χ0n) is 14.6. The Hall–Kier alpha value is -3.48. The van der Waals surface area contributed by atoms with Crippen molar-refractivity contribution in [1.29, 1.82) is 0 Å². The lowest BCUT2D eigenvalue weighted by atomic mass is 10.1. The summed E-state index contributed by atoms with van der Waals surface area (Å²) < 4.78 is 12.9. The number of halogens is 1. The Kier molecular flexibility index (Phi) is 4.91. The second-order valence-corrected chi connectivity index (χ2v) is 6.18. The number of aromatic amines is 1. The van der Waals surface area contributed by atoms with Crippen molar-refractivity contribution in [2.45, 2.75) is 13.0 Å². The molecule has 0 aliphatic heterocycles. The zero-order valence-corrected chi connectivity index (χ0v) is 14.6. The lowest BCUT2D eigenvalue weighted by Gasteiger charge is -2.08. The van der Waals surface area contributed by atoms with Gasteiger partial charge in [-0.05, 0) is 35.7 Å². The number of hydrogen-bond donors (Lipinski definition) is 3. The van der Waals surface area contributed by atoms with E-state index < -0.39 is 0 Å². The SMILES string of the molecule is Fc1ccc(CNc2cnnc(NCCc3c[nH]c4ccccc34)n2)cc1. The first-order chi connectivity index (χ1) is 13.3. The van der Waals surface area contributed by atoms with Crippen LogP contribution >= 0.6 is 0 Å². The number of hydrogen-bond acceptors (Lipinski definition) is 5. The van der Waals surface area contributed by atoms with Crippen LogP contribution in [0.1, 0.15) is 11.1 Å². The number of nitrogens with one attached hydrogen (secondary N) is 3.